The van der Waals surface area contributed by atoms with Gasteiger partial charge in [0.1, 0.15) is 5.75 Å². The zero-order valence-corrected chi connectivity index (χ0v) is 14.5. The first-order valence-corrected chi connectivity index (χ1v) is 7.93. The van der Waals surface area contributed by atoms with Gasteiger partial charge in [-0.15, -0.1) is 12.4 Å². The monoisotopic (exact) mass is 366 g/mol. The van der Waals surface area contributed by atoms with Crippen molar-refractivity contribution in [2.45, 2.75) is 31.7 Å². The van der Waals surface area contributed by atoms with Gasteiger partial charge in [0.2, 0.25) is 0 Å². The lowest BCUT2D eigenvalue weighted by Crippen LogP contribution is -2.46. The first-order valence-electron chi connectivity index (χ1n) is 7.17. The minimum absolute atomic E-state index is 0. The third kappa shape index (κ3) is 5.51. The van der Waals surface area contributed by atoms with Crippen LogP contribution in [0.5, 0.6) is 5.75 Å². The molecule has 0 aromatic heterocycles. The second kappa shape index (κ2) is 9.46. The number of amides is 1. The Morgan fingerprint density at radius 3 is 2.73 bits per heavy atom. The lowest BCUT2D eigenvalue weighted by atomic mass is 9.84. The van der Waals surface area contributed by atoms with Crippen molar-refractivity contribution in [1.29, 1.82) is 0 Å². The Kier molecular flexibility index (Phi) is 8.33. The lowest BCUT2D eigenvalue weighted by molar-refractivity contribution is -0.124. The molecule has 22 heavy (non-hydrogen) atoms. The number of halogens is 3. The summed E-state index contributed by atoms with van der Waals surface area (Å²) >= 11 is 11.8. The van der Waals surface area contributed by atoms with Crippen LogP contribution in [0.4, 0.5) is 0 Å². The van der Waals surface area contributed by atoms with E-state index in [1.807, 2.05) is 0 Å². The van der Waals surface area contributed by atoms with E-state index in [-0.39, 0.29) is 31.0 Å². The Morgan fingerprint density at radius 2 is 2.05 bits per heavy atom. The number of rotatable bonds is 5. The van der Waals surface area contributed by atoms with E-state index in [4.69, 9.17) is 33.7 Å². The number of carbonyl (C=O) groups is 1. The van der Waals surface area contributed by atoms with E-state index < -0.39 is 0 Å². The van der Waals surface area contributed by atoms with E-state index >= 15 is 0 Å². The Bertz CT molecular complexity index is 500. The van der Waals surface area contributed by atoms with E-state index in [1.54, 1.807) is 18.2 Å². The summed E-state index contributed by atoms with van der Waals surface area (Å²) in [4.78, 5) is 12.0. The standard InChI is InChI=1S/C15H20Cl2N2O2.ClH/c16-11-5-6-14(12(17)7-11)21-9-15(20)19-13-4-2-1-3-10(13)8-18;/h5-7,10,13H,1-4,8-9,18H2,(H,19,20);1H. The van der Waals surface area contributed by atoms with Crippen molar-refractivity contribution in [3.05, 3.63) is 28.2 Å². The Morgan fingerprint density at radius 1 is 1.32 bits per heavy atom. The molecule has 0 radical (unpaired) electrons. The predicted molar refractivity (Wildman–Crippen MR) is 92.1 cm³/mol. The number of nitrogens with two attached hydrogens (primary N) is 1. The largest absolute Gasteiger partial charge is 0.482 e. The molecule has 4 nitrogen and oxygen atoms in total. The van der Waals surface area contributed by atoms with E-state index in [0.29, 0.717) is 28.3 Å². The van der Waals surface area contributed by atoms with Gasteiger partial charge in [0, 0.05) is 11.1 Å². The molecular weight excluding hydrogens is 347 g/mol. The quantitative estimate of drug-likeness (QED) is 0.838. The van der Waals surface area contributed by atoms with E-state index in [1.165, 1.54) is 6.42 Å². The van der Waals surface area contributed by atoms with Crippen molar-refractivity contribution in [2.24, 2.45) is 11.7 Å². The highest BCUT2D eigenvalue weighted by molar-refractivity contribution is 6.35. The van der Waals surface area contributed by atoms with E-state index in [0.717, 1.165) is 19.3 Å². The number of hydrogen-bond donors (Lipinski definition) is 2. The van der Waals surface area contributed by atoms with E-state index in [2.05, 4.69) is 5.32 Å². The van der Waals surface area contributed by atoms with Gasteiger partial charge in [0.15, 0.2) is 6.61 Å². The third-order valence-electron chi connectivity index (χ3n) is 3.81. The van der Waals surface area contributed by atoms with Crippen LogP contribution >= 0.6 is 35.6 Å². The number of ether oxygens (including phenoxy) is 1. The van der Waals surface area contributed by atoms with Gasteiger partial charge < -0.3 is 15.8 Å². The maximum absolute atomic E-state index is 12.0. The molecule has 2 atom stereocenters. The number of nitrogens with one attached hydrogen (secondary N) is 1. The predicted octanol–water partition coefficient (Wildman–Crippen LogP) is 3.43. The van der Waals surface area contributed by atoms with Crippen LogP contribution in [-0.4, -0.2) is 25.1 Å². The highest BCUT2D eigenvalue weighted by atomic mass is 35.5. The second-order valence-corrected chi connectivity index (χ2v) is 6.16. The van der Waals surface area contributed by atoms with Crippen molar-refractivity contribution in [3.63, 3.8) is 0 Å². The summed E-state index contributed by atoms with van der Waals surface area (Å²) in [6, 6.07) is 5.07. The molecule has 0 aliphatic heterocycles. The van der Waals surface area contributed by atoms with Crippen LogP contribution in [0.3, 0.4) is 0 Å². The van der Waals surface area contributed by atoms with Crippen molar-refractivity contribution >= 4 is 41.5 Å². The summed E-state index contributed by atoms with van der Waals surface area (Å²) < 4.78 is 5.43. The van der Waals surface area contributed by atoms with Gasteiger partial charge in [0.05, 0.1) is 5.02 Å². The number of carbonyl (C=O) groups excluding carboxylic acids is 1. The van der Waals surface area contributed by atoms with Crippen molar-refractivity contribution in [3.8, 4) is 5.75 Å². The van der Waals surface area contributed by atoms with Crippen molar-refractivity contribution < 1.29 is 9.53 Å². The highest BCUT2D eigenvalue weighted by Crippen LogP contribution is 2.27. The number of hydrogen-bond acceptors (Lipinski definition) is 3. The molecule has 1 saturated carbocycles. The zero-order chi connectivity index (χ0) is 15.2. The van der Waals surface area contributed by atoms with Crippen LogP contribution in [0.2, 0.25) is 10.0 Å². The molecule has 0 spiro atoms. The maximum atomic E-state index is 12.0. The summed E-state index contributed by atoms with van der Waals surface area (Å²) in [6.45, 7) is 0.546. The topological polar surface area (TPSA) is 64.3 Å². The van der Waals surface area contributed by atoms with Crippen LogP contribution < -0.4 is 15.8 Å². The van der Waals surface area contributed by atoms with Gasteiger partial charge in [0.25, 0.3) is 5.91 Å². The molecule has 1 amide bonds. The third-order valence-corrected chi connectivity index (χ3v) is 4.34. The second-order valence-electron chi connectivity index (χ2n) is 5.32. The van der Waals surface area contributed by atoms with Gasteiger partial charge >= 0.3 is 0 Å². The van der Waals surface area contributed by atoms with Gasteiger partial charge in [-0.05, 0) is 43.5 Å². The SMILES string of the molecule is Cl.NCC1CCCCC1NC(=O)COc1ccc(Cl)cc1Cl. The highest BCUT2D eigenvalue weighted by Gasteiger charge is 2.25. The molecule has 1 aromatic rings. The Balaban J connectivity index is 0.00000242. The molecule has 1 aromatic carbocycles. The smallest absolute Gasteiger partial charge is 0.258 e. The fourth-order valence-corrected chi connectivity index (χ4v) is 3.13. The molecule has 2 rings (SSSR count). The summed E-state index contributed by atoms with van der Waals surface area (Å²) in [5, 5.41) is 3.94. The first-order chi connectivity index (χ1) is 10.1. The molecule has 1 fully saturated rings. The maximum Gasteiger partial charge on any atom is 0.258 e. The Labute approximate surface area is 147 Å². The van der Waals surface area contributed by atoms with Crippen LogP contribution in [0.1, 0.15) is 25.7 Å². The molecule has 7 heteroatoms. The van der Waals surface area contributed by atoms with Crippen LogP contribution in [0, 0.1) is 5.92 Å². The van der Waals surface area contributed by atoms with Crippen molar-refractivity contribution in [2.75, 3.05) is 13.2 Å². The van der Waals surface area contributed by atoms with E-state index in [9.17, 15) is 4.79 Å². The van der Waals surface area contributed by atoms with Gasteiger partial charge in [-0.1, -0.05) is 36.0 Å². The molecule has 1 aliphatic rings. The van der Waals surface area contributed by atoms with Crippen LogP contribution in [0.15, 0.2) is 18.2 Å². The molecule has 0 saturated heterocycles. The van der Waals surface area contributed by atoms with Gasteiger partial charge in [-0.25, -0.2) is 0 Å². The fraction of sp³-hybridized carbons (Fsp3) is 0.533. The molecule has 1 aliphatic carbocycles. The lowest BCUT2D eigenvalue weighted by Gasteiger charge is -2.31. The molecule has 124 valence electrons. The molecule has 0 bridgehead atoms. The average Bonchev–Trinajstić information content (AvgIpc) is 2.47. The minimum Gasteiger partial charge on any atom is -0.482 e. The minimum atomic E-state index is -0.147. The fourth-order valence-electron chi connectivity index (χ4n) is 2.66. The summed E-state index contributed by atoms with van der Waals surface area (Å²) in [5.74, 6) is 0.670. The summed E-state index contributed by atoms with van der Waals surface area (Å²) in [7, 11) is 0. The zero-order valence-electron chi connectivity index (χ0n) is 12.2. The first kappa shape index (κ1) is 19.4. The summed E-state index contributed by atoms with van der Waals surface area (Å²) in [5.41, 5.74) is 5.76. The summed E-state index contributed by atoms with van der Waals surface area (Å²) in [6.07, 6.45) is 4.37. The normalized spacial score (nSPS) is 20.9. The van der Waals surface area contributed by atoms with Crippen LogP contribution in [-0.2, 0) is 4.79 Å². The van der Waals surface area contributed by atoms with Gasteiger partial charge in [-0.3, -0.25) is 4.79 Å². The molecule has 0 heterocycles. The van der Waals surface area contributed by atoms with Gasteiger partial charge in [-0.2, -0.15) is 0 Å². The number of benzene rings is 1. The Hall–Kier alpha value is -0.680. The molecule has 2 unspecified atom stereocenters. The molecule has 3 N–H and O–H groups in total. The molecular formula is C15H21Cl3N2O2. The van der Waals surface area contributed by atoms with Crippen molar-refractivity contribution in [1.82, 2.24) is 5.32 Å². The average molecular weight is 368 g/mol. The van der Waals surface area contributed by atoms with Crippen LogP contribution in [0.25, 0.3) is 0 Å².